The topological polar surface area (TPSA) is 55.6 Å². The van der Waals surface area contributed by atoms with Crippen molar-refractivity contribution in [2.24, 2.45) is 0 Å². The number of rotatable bonds is 4. The van der Waals surface area contributed by atoms with E-state index in [0.29, 0.717) is 11.3 Å². The molecule has 1 atom stereocenters. The van der Waals surface area contributed by atoms with E-state index in [2.05, 4.69) is 23.3 Å². The fourth-order valence-corrected chi connectivity index (χ4v) is 3.03. The molecule has 0 bridgehead atoms. The number of carbonyl (C=O) groups is 1. The van der Waals surface area contributed by atoms with Crippen LogP contribution in [0.1, 0.15) is 33.8 Å². The van der Waals surface area contributed by atoms with E-state index in [9.17, 15) is 4.79 Å². The molecule has 112 valence electrons. The van der Waals surface area contributed by atoms with Gasteiger partial charge in [0, 0.05) is 23.3 Å². The van der Waals surface area contributed by atoms with Crippen LogP contribution in [0.3, 0.4) is 0 Å². The highest BCUT2D eigenvalue weighted by atomic mass is 32.1. The van der Waals surface area contributed by atoms with E-state index in [1.807, 2.05) is 26.1 Å². The van der Waals surface area contributed by atoms with E-state index in [-0.39, 0.29) is 6.04 Å². The van der Waals surface area contributed by atoms with Gasteiger partial charge in [-0.2, -0.15) is 0 Å². The van der Waals surface area contributed by atoms with Crippen LogP contribution in [0.4, 0.5) is 11.4 Å². The minimum absolute atomic E-state index is 0.221. The second-order valence-electron chi connectivity index (χ2n) is 5.02. The van der Waals surface area contributed by atoms with Crippen molar-refractivity contribution in [2.45, 2.75) is 19.9 Å². The van der Waals surface area contributed by atoms with Gasteiger partial charge < -0.3 is 15.4 Å². The molecular weight excluding hydrogens is 284 g/mol. The summed E-state index contributed by atoms with van der Waals surface area (Å²) < 4.78 is 4.80. The Bertz CT molecular complexity index is 638. The van der Waals surface area contributed by atoms with Gasteiger partial charge in [0.1, 0.15) is 0 Å². The maximum Gasteiger partial charge on any atom is 0.340 e. The molecule has 0 aliphatic heterocycles. The molecule has 2 rings (SSSR count). The van der Waals surface area contributed by atoms with Crippen molar-refractivity contribution in [3.05, 3.63) is 45.6 Å². The average molecular weight is 304 g/mol. The number of nitrogen functional groups attached to an aromatic ring is 1. The van der Waals surface area contributed by atoms with Gasteiger partial charge in [0.15, 0.2) is 0 Å². The first-order chi connectivity index (χ1) is 9.95. The fourth-order valence-electron chi connectivity index (χ4n) is 2.21. The van der Waals surface area contributed by atoms with Crippen LogP contribution in [0.15, 0.2) is 29.6 Å². The number of nitrogens with zero attached hydrogens (tertiary/aromatic N) is 1. The molecule has 0 saturated heterocycles. The molecule has 1 heterocycles. The van der Waals surface area contributed by atoms with Crippen LogP contribution >= 0.6 is 11.3 Å². The number of methoxy groups -OCH3 is 1. The molecule has 0 saturated carbocycles. The van der Waals surface area contributed by atoms with Crippen molar-refractivity contribution in [1.29, 1.82) is 0 Å². The second kappa shape index (κ2) is 6.18. The first kappa shape index (κ1) is 15.4. The van der Waals surface area contributed by atoms with E-state index >= 15 is 0 Å². The zero-order valence-electron chi connectivity index (χ0n) is 12.7. The van der Waals surface area contributed by atoms with E-state index in [4.69, 9.17) is 10.5 Å². The summed E-state index contributed by atoms with van der Waals surface area (Å²) in [5.74, 6) is -0.408. The molecule has 0 fully saturated rings. The Labute approximate surface area is 129 Å². The first-order valence-electron chi connectivity index (χ1n) is 6.70. The maximum absolute atomic E-state index is 11.8. The summed E-state index contributed by atoms with van der Waals surface area (Å²) in [6.45, 7) is 4.03. The van der Waals surface area contributed by atoms with Crippen LogP contribution in [-0.2, 0) is 4.74 Å². The van der Waals surface area contributed by atoms with Crippen molar-refractivity contribution in [2.75, 3.05) is 24.8 Å². The van der Waals surface area contributed by atoms with Gasteiger partial charge in [0.2, 0.25) is 0 Å². The highest BCUT2D eigenvalue weighted by Crippen LogP contribution is 2.31. The predicted molar refractivity (Wildman–Crippen MR) is 88.1 cm³/mol. The molecule has 1 aromatic heterocycles. The lowest BCUT2D eigenvalue weighted by molar-refractivity contribution is 0.0602. The number of esters is 1. The molecule has 2 N–H and O–H groups in total. The van der Waals surface area contributed by atoms with Crippen molar-refractivity contribution in [1.82, 2.24) is 0 Å². The van der Waals surface area contributed by atoms with Gasteiger partial charge in [-0.15, -0.1) is 11.3 Å². The Morgan fingerprint density at radius 3 is 2.71 bits per heavy atom. The molecule has 0 amide bonds. The molecule has 21 heavy (non-hydrogen) atoms. The number of carbonyl (C=O) groups excluding carboxylic acids is 1. The third-order valence-electron chi connectivity index (χ3n) is 3.72. The van der Waals surface area contributed by atoms with Crippen LogP contribution in [0.2, 0.25) is 0 Å². The number of aryl methyl sites for hydroxylation is 1. The van der Waals surface area contributed by atoms with Gasteiger partial charge in [0.25, 0.3) is 0 Å². The Balaban J connectivity index is 2.40. The van der Waals surface area contributed by atoms with Crippen LogP contribution in [-0.4, -0.2) is 20.1 Å². The number of hydrogen-bond acceptors (Lipinski definition) is 5. The summed E-state index contributed by atoms with van der Waals surface area (Å²) in [4.78, 5) is 15.2. The van der Waals surface area contributed by atoms with Crippen LogP contribution in [0.5, 0.6) is 0 Å². The summed E-state index contributed by atoms with van der Waals surface area (Å²) in [7, 11) is 3.37. The summed E-state index contributed by atoms with van der Waals surface area (Å²) in [5, 5.41) is 2.06. The van der Waals surface area contributed by atoms with Crippen LogP contribution < -0.4 is 10.6 Å². The Morgan fingerprint density at radius 1 is 1.43 bits per heavy atom. The molecule has 1 aromatic carbocycles. The standard InChI is InChI=1S/C16H20N2O2S/c1-10-8-12(9-13(15(10)17)16(19)20-4)18(3)11(2)14-6-5-7-21-14/h5-9,11H,17H2,1-4H3. The van der Waals surface area contributed by atoms with Crippen molar-refractivity contribution >= 4 is 28.7 Å². The number of benzene rings is 1. The molecule has 5 heteroatoms. The molecule has 4 nitrogen and oxygen atoms in total. The minimum atomic E-state index is -0.408. The molecule has 0 radical (unpaired) electrons. The zero-order valence-corrected chi connectivity index (χ0v) is 13.5. The van der Waals surface area contributed by atoms with Crippen molar-refractivity contribution < 1.29 is 9.53 Å². The Hall–Kier alpha value is -2.01. The molecule has 1 unspecified atom stereocenters. The first-order valence-corrected chi connectivity index (χ1v) is 7.58. The number of hydrogen-bond donors (Lipinski definition) is 1. The molecule has 0 aliphatic carbocycles. The second-order valence-corrected chi connectivity index (χ2v) is 6.00. The molecule has 2 aromatic rings. The molecule has 0 aliphatic rings. The maximum atomic E-state index is 11.8. The van der Waals surface area contributed by atoms with E-state index < -0.39 is 5.97 Å². The fraction of sp³-hybridized carbons (Fsp3) is 0.312. The lowest BCUT2D eigenvalue weighted by Crippen LogP contribution is -2.21. The predicted octanol–water partition coefficient (Wildman–Crippen LogP) is 3.62. The summed E-state index contributed by atoms with van der Waals surface area (Å²) in [6, 6.07) is 8.15. The van der Waals surface area contributed by atoms with Gasteiger partial charge in [-0.05, 0) is 43.0 Å². The van der Waals surface area contributed by atoms with Gasteiger partial charge in [-0.1, -0.05) is 6.07 Å². The number of nitrogens with two attached hydrogens (primary N) is 1. The monoisotopic (exact) mass is 304 g/mol. The SMILES string of the molecule is COC(=O)c1cc(N(C)C(C)c2cccs2)cc(C)c1N. The average Bonchev–Trinajstić information content (AvgIpc) is 3.01. The minimum Gasteiger partial charge on any atom is -0.465 e. The number of anilines is 2. The van der Waals surface area contributed by atoms with Gasteiger partial charge in [-0.25, -0.2) is 4.79 Å². The Kier molecular flexibility index (Phi) is 4.53. The summed E-state index contributed by atoms with van der Waals surface area (Å²) in [5.41, 5.74) is 8.69. The third kappa shape index (κ3) is 3.03. The van der Waals surface area contributed by atoms with E-state index in [1.54, 1.807) is 17.4 Å². The van der Waals surface area contributed by atoms with Gasteiger partial charge >= 0.3 is 5.97 Å². The van der Waals surface area contributed by atoms with Crippen molar-refractivity contribution in [3.8, 4) is 0 Å². The number of thiophene rings is 1. The Morgan fingerprint density at radius 2 is 2.14 bits per heavy atom. The summed E-state index contributed by atoms with van der Waals surface area (Å²) in [6.07, 6.45) is 0. The largest absolute Gasteiger partial charge is 0.465 e. The van der Waals surface area contributed by atoms with E-state index in [1.165, 1.54) is 12.0 Å². The normalized spacial score (nSPS) is 12.0. The van der Waals surface area contributed by atoms with Gasteiger partial charge in [0.05, 0.1) is 18.7 Å². The van der Waals surface area contributed by atoms with Gasteiger partial charge in [-0.3, -0.25) is 0 Å². The quantitative estimate of drug-likeness (QED) is 0.692. The zero-order chi connectivity index (χ0) is 15.6. The smallest absolute Gasteiger partial charge is 0.340 e. The highest BCUT2D eigenvalue weighted by molar-refractivity contribution is 7.10. The highest BCUT2D eigenvalue weighted by Gasteiger charge is 2.18. The third-order valence-corrected chi connectivity index (χ3v) is 4.76. The lowest BCUT2D eigenvalue weighted by Gasteiger charge is -2.27. The van der Waals surface area contributed by atoms with Crippen LogP contribution in [0.25, 0.3) is 0 Å². The molecule has 0 spiro atoms. The van der Waals surface area contributed by atoms with Crippen molar-refractivity contribution in [3.63, 3.8) is 0 Å². The summed E-state index contributed by atoms with van der Waals surface area (Å²) >= 11 is 1.72. The van der Waals surface area contributed by atoms with Crippen LogP contribution in [0, 0.1) is 6.92 Å². The lowest BCUT2D eigenvalue weighted by atomic mass is 10.1. The number of ether oxygens (including phenoxy) is 1. The molecular formula is C16H20N2O2S. The van der Waals surface area contributed by atoms with E-state index in [0.717, 1.165) is 11.3 Å².